The highest BCUT2D eigenvalue weighted by Gasteiger charge is 2.25. The largest absolute Gasteiger partial charge is 0.378 e. The number of hydrogen-bond acceptors (Lipinski definition) is 9. The molecule has 11 heteroatoms. The van der Waals surface area contributed by atoms with Crippen LogP contribution < -0.4 is 4.90 Å². The number of morpholine rings is 1. The van der Waals surface area contributed by atoms with Gasteiger partial charge in [-0.15, -0.1) is 15.3 Å². The average Bonchev–Trinajstić information content (AvgIpc) is 3.55. The molecule has 0 amide bonds. The summed E-state index contributed by atoms with van der Waals surface area (Å²) in [5, 5.41) is 22.1. The van der Waals surface area contributed by atoms with Crippen molar-refractivity contribution in [2.24, 2.45) is 0 Å². The number of aromatic nitrogens is 7. The second kappa shape index (κ2) is 9.11. The molecule has 3 aromatic rings. The van der Waals surface area contributed by atoms with E-state index in [1.165, 1.54) is 0 Å². The third-order valence-corrected chi connectivity index (χ3v) is 6.23. The average molecular weight is 429 g/mol. The first-order chi connectivity index (χ1) is 14.9. The van der Waals surface area contributed by atoms with E-state index in [9.17, 15) is 0 Å². The lowest BCUT2D eigenvalue weighted by atomic mass is 10.2. The number of rotatable bonds is 7. The van der Waals surface area contributed by atoms with Crippen molar-refractivity contribution in [1.29, 1.82) is 0 Å². The zero-order chi connectivity index (χ0) is 20.2. The molecular weight excluding hydrogens is 404 g/mol. The first kappa shape index (κ1) is 19.5. The van der Waals surface area contributed by atoms with E-state index in [0.717, 1.165) is 61.7 Å². The molecule has 0 saturated carbocycles. The van der Waals surface area contributed by atoms with Gasteiger partial charge in [-0.25, -0.2) is 0 Å². The fourth-order valence-corrected chi connectivity index (χ4v) is 4.58. The number of thioether (sulfide) groups is 1. The second-order valence-electron chi connectivity index (χ2n) is 7.26. The van der Waals surface area contributed by atoms with Crippen LogP contribution in [0.2, 0.25) is 0 Å². The van der Waals surface area contributed by atoms with E-state index >= 15 is 0 Å². The highest BCUT2D eigenvalue weighted by atomic mass is 32.2. The smallest absolute Gasteiger partial charge is 0.228 e. The molecule has 4 heterocycles. The molecule has 0 N–H and O–H groups in total. The standard InChI is InChI=1S/C19H24N8O2S/c1-2-5-15(6-3-1)27-17(20-23-24-27)14-30-19-22-21-18(25-8-11-28-12-9-25)26(19)13-16-7-4-10-29-16/h1-3,5-6,16H,4,7-14H2. The number of benzene rings is 1. The van der Waals surface area contributed by atoms with E-state index in [1.807, 2.05) is 30.3 Å². The van der Waals surface area contributed by atoms with Gasteiger partial charge in [0, 0.05) is 19.7 Å². The van der Waals surface area contributed by atoms with Crippen molar-refractivity contribution in [3.63, 3.8) is 0 Å². The molecule has 0 spiro atoms. The maximum Gasteiger partial charge on any atom is 0.228 e. The molecule has 158 valence electrons. The Hall–Kier alpha value is -2.50. The van der Waals surface area contributed by atoms with Gasteiger partial charge in [0.15, 0.2) is 11.0 Å². The second-order valence-corrected chi connectivity index (χ2v) is 8.20. The first-order valence-corrected chi connectivity index (χ1v) is 11.2. The van der Waals surface area contributed by atoms with Crippen LogP contribution >= 0.6 is 11.8 Å². The molecule has 0 radical (unpaired) electrons. The van der Waals surface area contributed by atoms with E-state index in [0.29, 0.717) is 19.0 Å². The van der Waals surface area contributed by atoms with Crippen LogP contribution in [0.25, 0.3) is 5.69 Å². The fourth-order valence-electron chi connectivity index (χ4n) is 3.73. The van der Waals surface area contributed by atoms with Crippen molar-refractivity contribution in [3.05, 3.63) is 36.2 Å². The monoisotopic (exact) mass is 428 g/mol. The normalized spacial score (nSPS) is 19.5. The van der Waals surface area contributed by atoms with Gasteiger partial charge in [-0.1, -0.05) is 30.0 Å². The Labute approximate surface area is 178 Å². The van der Waals surface area contributed by atoms with Gasteiger partial charge < -0.3 is 14.4 Å². The van der Waals surface area contributed by atoms with Crippen molar-refractivity contribution in [2.75, 3.05) is 37.8 Å². The van der Waals surface area contributed by atoms with E-state index in [1.54, 1.807) is 16.4 Å². The van der Waals surface area contributed by atoms with Crippen LogP contribution in [-0.4, -0.2) is 74.0 Å². The lowest BCUT2D eigenvalue weighted by Gasteiger charge is -2.28. The first-order valence-electron chi connectivity index (χ1n) is 10.2. The third-order valence-electron chi connectivity index (χ3n) is 5.27. The van der Waals surface area contributed by atoms with Gasteiger partial charge in [0.05, 0.1) is 37.3 Å². The van der Waals surface area contributed by atoms with Crippen LogP contribution in [0.1, 0.15) is 18.7 Å². The minimum absolute atomic E-state index is 0.203. The SMILES string of the molecule is c1ccc(-n2nnnc2CSc2nnc(N3CCOCC3)n2CC2CCCO2)cc1. The van der Waals surface area contributed by atoms with Crippen molar-refractivity contribution < 1.29 is 9.47 Å². The van der Waals surface area contributed by atoms with E-state index in [4.69, 9.17) is 9.47 Å². The van der Waals surface area contributed by atoms with E-state index in [-0.39, 0.29) is 6.10 Å². The predicted molar refractivity (Wildman–Crippen MR) is 111 cm³/mol. The molecule has 1 unspecified atom stereocenters. The van der Waals surface area contributed by atoms with Crippen molar-refractivity contribution in [1.82, 2.24) is 35.0 Å². The molecule has 2 aliphatic rings. The summed E-state index contributed by atoms with van der Waals surface area (Å²) < 4.78 is 15.3. The minimum Gasteiger partial charge on any atom is -0.378 e. The van der Waals surface area contributed by atoms with Crippen LogP contribution in [0.4, 0.5) is 5.95 Å². The molecule has 1 aromatic carbocycles. The summed E-state index contributed by atoms with van der Waals surface area (Å²) in [6.45, 7) is 4.64. The summed E-state index contributed by atoms with van der Waals surface area (Å²) in [6.07, 6.45) is 2.38. The highest BCUT2D eigenvalue weighted by Crippen LogP contribution is 2.27. The van der Waals surface area contributed by atoms with Gasteiger partial charge >= 0.3 is 0 Å². The van der Waals surface area contributed by atoms with Crippen LogP contribution in [0.3, 0.4) is 0 Å². The molecule has 2 saturated heterocycles. The Morgan fingerprint density at radius 1 is 1.03 bits per heavy atom. The Balaban J connectivity index is 1.36. The van der Waals surface area contributed by atoms with Gasteiger partial charge in [0.25, 0.3) is 0 Å². The Morgan fingerprint density at radius 2 is 1.90 bits per heavy atom. The van der Waals surface area contributed by atoms with Crippen LogP contribution in [-0.2, 0) is 21.8 Å². The summed E-state index contributed by atoms with van der Waals surface area (Å²) >= 11 is 1.59. The summed E-state index contributed by atoms with van der Waals surface area (Å²) in [4.78, 5) is 2.24. The Morgan fingerprint density at radius 3 is 2.70 bits per heavy atom. The molecule has 0 bridgehead atoms. The Kier molecular flexibility index (Phi) is 5.91. The van der Waals surface area contributed by atoms with Gasteiger partial charge in [-0.05, 0) is 35.4 Å². The molecule has 0 aliphatic carbocycles. The minimum atomic E-state index is 0.203. The lowest BCUT2D eigenvalue weighted by molar-refractivity contribution is 0.0942. The topological polar surface area (TPSA) is 96.0 Å². The number of ether oxygens (including phenoxy) is 2. The van der Waals surface area contributed by atoms with Crippen LogP contribution in [0.5, 0.6) is 0 Å². The summed E-state index contributed by atoms with van der Waals surface area (Å²) in [5.74, 6) is 2.25. The number of tetrazole rings is 1. The third kappa shape index (κ3) is 4.18. The van der Waals surface area contributed by atoms with Crippen molar-refractivity contribution in [3.8, 4) is 5.69 Å². The molecular formula is C19H24N8O2S. The van der Waals surface area contributed by atoms with Gasteiger partial charge in [0.2, 0.25) is 5.95 Å². The van der Waals surface area contributed by atoms with Crippen LogP contribution in [0, 0.1) is 0 Å². The predicted octanol–water partition coefficient (Wildman–Crippen LogP) is 1.56. The fraction of sp³-hybridized carbons (Fsp3) is 0.526. The summed E-state index contributed by atoms with van der Waals surface area (Å²) in [5.41, 5.74) is 0.938. The van der Waals surface area contributed by atoms with Gasteiger partial charge in [-0.3, -0.25) is 4.57 Å². The number of para-hydroxylation sites is 1. The number of nitrogens with zero attached hydrogens (tertiary/aromatic N) is 8. The van der Waals surface area contributed by atoms with Gasteiger partial charge in [-0.2, -0.15) is 4.68 Å². The maximum atomic E-state index is 5.89. The molecule has 30 heavy (non-hydrogen) atoms. The number of hydrogen-bond donors (Lipinski definition) is 0. The molecule has 10 nitrogen and oxygen atoms in total. The zero-order valence-corrected chi connectivity index (χ0v) is 17.4. The highest BCUT2D eigenvalue weighted by molar-refractivity contribution is 7.98. The van der Waals surface area contributed by atoms with Gasteiger partial charge in [0.1, 0.15) is 0 Å². The molecule has 5 rings (SSSR count). The summed E-state index contributed by atoms with van der Waals surface area (Å²) in [7, 11) is 0. The molecule has 2 aromatic heterocycles. The summed E-state index contributed by atoms with van der Waals surface area (Å²) in [6, 6.07) is 9.90. The maximum absolute atomic E-state index is 5.89. The van der Waals surface area contributed by atoms with Crippen molar-refractivity contribution in [2.45, 2.75) is 36.4 Å². The van der Waals surface area contributed by atoms with E-state index < -0.39 is 0 Å². The van der Waals surface area contributed by atoms with Crippen LogP contribution in [0.15, 0.2) is 35.5 Å². The number of anilines is 1. The van der Waals surface area contributed by atoms with Crippen molar-refractivity contribution >= 4 is 17.7 Å². The quantitative estimate of drug-likeness (QED) is 0.519. The van der Waals surface area contributed by atoms with E-state index in [2.05, 4.69) is 35.2 Å². The molecule has 2 aliphatic heterocycles. The zero-order valence-electron chi connectivity index (χ0n) is 16.6. The molecule has 1 atom stereocenters. The molecule has 2 fully saturated rings. The Bertz CT molecular complexity index is 951. The lowest BCUT2D eigenvalue weighted by Crippen LogP contribution is -2.38.